The highest BCUT2D eigenvalue weighted by Gasteiger charge is 2.18. The maximum Gasteiger partial charge on any atom is 0.155 e. The van der Waals surface area contributed by atoms with Crippen LogP contribution in [-0.4, -0.2) is 23.1 Å². The summed E-state index contributed by atoms with van der Waals surface area (Å²) in [7, 11) is 0. The molecule has 2 aromatic carbocycles. The third kappa shape index (κ3) is 4.82. The summed E-state index contributed by atoms with van der Waals surface area (Å²) in [4.78, 5) is 9.10. The van der Waals surface area contributed by atoms with Crippen molar-refractivity contribution < 1.29 is 4.74 Å². The summed E-state index contributed by atoms with van der Waals surface area (Å²) in [6, 6.07) is 18.4. The van der Waals surface area contributed by atoms with Gasteiger partial charge in [-0.2, -0.15) is 5.10 Å². The number of nitrogens with zero attached hydrogens (tertiary/aromatic N) is 3. The molecular weight excluding hydrogens is 384 g/mol. The Hall–Kier alpha value is -3.47. The summed E-state index contributed by atoms with van der Waals surface area (Å²) >= 11 is 0. The Morgan fingerprint density at radius 2 is 1.84 bits per heavy atom. The third-order valence-corrected chi connectivity index (χ3v) is 5.28. The molecule has 1 aromatic heterocycles. The fraction of sp³-hybridized carbons (Fsp3) is 0.269. The van der Waals surface area contributed by atoms with Crippen LogP contribution in [0.2, 0.25) is 0 Å². The summed E-state index contributed by atoms with van der Waals surface area (Å²) < 4.78 is 5.82. The predicted molar refractivity (Wildman–Crippen MR) is 127 cm³/mol. The van der Waals surface area contributed by atoms with Gasteiger partial charge in [-0.1, -0.05) is 33.3 Å². The van der Waals surface area contributed by atoms with Crippen molar-refractivity contribution in [3.63, 3.8) is 0 Å². The molecule has 0 unspecified atom stereocenters. The number of fused-ring (bicyclic) bond motifs is 1. The molecule has 0 fully saturated rings. The highest BCUT2D eigenvalue weighted by atomic mass is 16.5. The molecule has 0 radical (unpaired) electrons. The molecule has 0 aliphatic carbocycles. The monoisotopic (exact) mass is 412 g/mol. The Kier molecular flexibility index (Phi) is 6.41. The summed E-state index contributed by atoms with van der Waals surface area (Å²) in [5.74, 6) is 1.97. The Labute approximate surface area is 183 Å². The number of hydrogen-bond acceptors (Lipinski definition) is 5. The number of hydrogen-bond donors (Lipinski definition) is 1. The number of pyridine rings is 1. The quantitative estimate of drug-likeness (QED) is 0.498. The van der Waals surface area contributed by atoms with E-state index in [1.54, 1.807) is 12.4 Å². The maximum atomic E-state index is 5.82. The van der Waals surface area contributed by atoms with Crippen molar-refractivity contribution in [2.24, 2.45) is 10.1 Å². The average Bonchev–Trinajstić information content (AvgIpc) is 2.99. The van der Waals surface area contributed by atoms with Gasteiger partial charge in [0.2, 0.25) is 0 Å². The summed E-state index contributed by atoms with van der Waals surface area (Å²) in [6.07, 6.45) is 5.71. The van der Waals surface area contributed by atoms with Crippen molar-refractivity contribution in [1.82, 2.24) is 10.4 Å². The minimum atomic E-state index is 0.416. The second-order valence-electron chi connectivity index (χ2n) is 7.93. The summed E-state index contributed by atoms with van der Waals surface area (Å²) in [5.41, 5.74) is 9.09. The summed E-state index contributed by atoms with van der Waals surface area (Å²) in [5, 5.41) is 4.77. The van der Waals surface area contributed by atoms with Crippen molar-refractivity contribution >= 4 is 17.2 Å². The van der Waals surface area contributed by atoms with E-state index in [-0.39, 0.29) is 0 Å². The minimum absolute atomic E-state index is 0.416. The van der Waals surface area contributed by atoms with Gasteiger partial charge in [-0.15, -0.1) is 0 Å². The molecule has 1 aliphatic heterocycles. The van der Waals surface area contributed by atoms with Gasteiger partial charge in [0.15, 0.2) is 5.84 Å². The van der Waals surface area contributed by atoms with Gasteiger partial charge < -0.3 is 4.74 Å². The van der Waals surface area contributed by atoms with E-state index in [0.29, 0.717) is 11.8 Å². The van der Waals surface area contributed by atoms with E-state index in [1.165, 1.54) is 5.56 Å². The van der Waals surface area contributed by atoms with Crippen LogP contribution >= 0.6 is 0 Å². The molecule has 1 aliphatic rings. The van der Waals surface area contributed by atoms with Crippen LogP contribution in [0, 0.1) is 0 Å². The third-order valence-electron chi connectivity index (χ3n) is 5.28. The zero-order valence-electron chi connectivity index (χ0n) is 18.3. The van der Waals surface area contributed by atoms with Crippen LogP contribution in [0.4, 0.5) is 5.69 Å². The van der Waals surface area contributed by atoms with Crippen LogP contribution in [0.25, 0.3) is 0 Å². The van der Waals surface area contributed by atoms with Crippen LogP contribution in [0.15, 0.2) is 77.1 Å². The molecule has 5 nitrogen and oxygen atoms in total. The number of aliphatic imine (C=N–C) groups is 1. The zero-order valence-corrected chi connectivity index (χ0v) is 18.3. The maximum absolute atomic E-state index is 5.82. The van der Waals surface area contributed by atoms with Crippen molar-refractivity contribution in [2.45, 2.75) is 39.5 Å². The van der Waals surface area contributed by atoms with Gasteiger partial charge in [0, 0.05) is 29.1 Å². The average molecular weight is 413 g/mol. The molecule has 0 spiro atoms. The number of aromatic nitrogens is 1. The highest BCUT2D eigenvalue weighted by molar-refractivity contribution is 6.18. The van der Waals surface area contributed by atoms with E-state index in [9.17, 15) is 0 Å². The van der Waals surface area contributed by atoms with Gasteiger partial charge in [-0.25, -0.2) is 4.99 Å². The molecule has 0 atom stereocenters. The lowest BCUT2D eigenvalue weighted by Gasteiger charge is -2.12. The molecule has 5 heteroatoms. The fourth-order valence-corrected chi connectivity index (χ4v) is 3.41. The van der Waals surface area contributed by atoms with Gasteiger partial charge in [0.25, 0.3) is 0 Å². The van der Waals surface area contributed by atoms with Crippen molar-refractivity contribution in [1.29, 1.82) is 0 Å². The Morgan fingerprint density at radius 3 is 2.55 bits per heavy atom. The largest absolute Gasteiger partial charge is 0.494 e. The summed E-state index contributed by atoms with van der Waals surface area (Å²) in [6.45, 7) is 7.29. The molecule has 4 rings (SSSR count). The fourth-order valence-electron chi connectivity index (χ4n) is 3.41. The first-order chi connectivity index (χ1) is 15.2. The van der Waals surface area contributed by atoms with Crippen LogP contribution in [0.3, 0.4) is 0 Å². The molecule has 31 heavy (non-hydrogen) atoms. The van der Waals surface area contributed by atoms with Crippen LogP contribution in [0.1, 0.15) is 61.8 Å². The van der Waals surface area contributed by atoms with E-state index in [0.717, 1.165) is 53.3 Å². The number of benzene rings is 2. The van der Waals surface area contributed by atoms with E-state index < -0.39 is 0 Å². The van der Waals surface area contributed by atoms with E-state index in [2.05, 4.69) is 61.5 Å². The SMILES string of the molecule is CCCCOc1ccc(C2=NNC(c3cccnc3)=Nc3ccc(C(C)C)cc32)cc1. The lowest BCUT2D eigenvalue weighted by molar-refractivity contribution is 0.309. The standard InChI is InChI=1S/C26H28N4O/c1-4-5-15-31-22-11-8-19(9-12-22)25-23-16-20(18(2)3)10-13-24(23)28-26(30-29-25)21-7-6-14-27-17-21/h6-14,16-18H,4-5,15H2,1-3H3,(H,28,30). The second-order valence-corrected chi connectivity index (χ2v) is 7.93. The molecule has 3 aromatic rings. The predicted octanol–water partition coefficient (Wildman–Crippen LogP) is 5.82. The van der Waals surface area contributed by atoms with E-state index >= 15 is 0 Å². The van der Waals surface area contributed by atoms with E-state index in [4.69, 9.17) is 14.8 Å². The first-order valence-corrected chi connectivity index (χ1v) is 10.9. The smallest absolute Gasteiger partial charge is 0.155 e. The normalized spacial score (nSPS) is 13.0. The second kappa shape index (κ2) is 9.56. The first kappa shape index (κ1) is 20.8. The van der Waals surface area contributed by atoms with Gasteiger partial charge in [-0.3, -0.25) is 10.4 Å². The number of rotatable bonds is 7. The van der Waals surface area contributed by atoms with Crippen molar-refractivity contribution in [2.75, 3.05) is 6.61 Å². The Bertz CT molecular complexity index is 1090. The number of nitrogens with one attached hydrogen (secondary N) is 1. The number of amidine groups is 1. The Balaban J connectivity index is 1.73. The van der Waals surface area contributed by atoms with Crippen LogP contribution < -0.4 is 10.2 Å². The topological polar surface area (TPSA) is 58.9 Å². The minimum Gasteiger partial charge on any atom is -0.494 e. The van der Waals surface area contributed by atoms with Crippen LogP contribution in [0.5, 0.6) is 5.75 Å². The Morgan fingerprint density at radius 1 is 1.00 bits per heavy atom. The molecule has 2 heterocycles. The molecule has 0 bridgehead atoms. The molecule has 1 N–H and O–H groups in total. The molecule has 158 valence electrons. The number of hydrazone groups is 1. The van der Waals surface area contributed by atoms with Crippen molar-refractivity contribution in [3.05, 3.63) is 89.2 Å². The van der Waals surface area contributed by atoms with Gasteiger partial charge >= 0.3 is 0 Å². The molecule has 0 saturated heterocycles. The zero-order chi connectivity index (χ0) is 21.6. The van der Waals surface area contributed by atoms with Crippen LogP contribution in [-0.2, 0) is 0 Å². The number of unbranched alkanes of at least 4 members (excludes halogenated alkanes) is 1. The molecular formula is C26H28N4O. The van der Waals surface area contributed by atoms with E-state index in [1.807, 2.05) is 24.3 Å². The lowest BCUT2D eigenvalue weighted by atomic mass is 9.95. The molecule has 0 saturated carbocycles. The lowest BCUT2D eigenvalue weighted by Crippen LogP contribution is -2.19. The van der Waals surface area contributed by atoms with Gasteiger partial charge in [-0.05, 0) is 66.4 Å². The highest BCUT2D eigenvalue weighted by Crippen LogP contribution is 2.29. The van der Waals surface area contributed by atoms with Crippen molar-refractivity contribution in [3.8, 4) is 5.75 Å². The van der Waals surface area contributed by atoms with Gasteiger partial charge in [0.05, 0.1) is 18.0 Å². The molecule has 0 amide bonds. The first-order valence-electron chi connectivity index (χ1n) is 10.9. The number of ether oxygens (including phenoxy) is 1. The van der Waals surface area contributed by atoms with Gasteiger partial charge in [0.1, 0.15) is 5.75 Å².